The molecule has 0 radical (unpaired) electrons. The first-order valence-corrected chi connectivity index (χ1v) is 12.3. The minimum absolute atomic E-state index is 0.0118. The summed E-state index contributed by atoms with van der Waals surface area (Å²) in [6.07, 6.45) is 11.1. The Morgan fingerprint density at radius 3 is 2.50 bits per heavy atom. The standard InChI is InChI=1S/C25H38N4O3/c1-16(24(32)29-11-5-4-6-12-29)19-7-9-25(3)10-8-20(17(2)21(25)22(19)30)28-23(31)18-13-26-15-27-14-18/h13-17,19-22,30H,4-12H2,1-3H3,(H,28,31)/t16-,17-,19-,20-,21+,22-,25+/m0/s1. The van der Waals surface area contributed by atoms with Gasteiger partial charge in [-0.1, -0.05) is 20.8 Å². The molecule has 1 saturated heterocycles. The Morgan fingerprint density at radius 2 is 1.81 bits per heavy atom. The molecule has 4 rings (SSSR count). The third kappa shape index (κ3) is 4.41. The van der Waals surface area contributed by atoms with Crippen molar-refractivity contribution >= 4 is 11.8 Å². The summed E-state index contributed by atoms with van der Waals surface area (Å²) < 4.78 is 0. The summed E-state index contributed by atoms with van der Waals surface area (Å²) in [6, 6.07) is -0.0118. The number of likely N-dealkylation sites (tertiary alicyclic amines) is 1. The second kappa shape index (κ2) is 9.46. The van der Waals surface area contributed by atoms with Crippen LogP contribution in [-0.4, -0.2) is 57.0 Å². The lowest BCUT2D eigenvalue weighted by Gasteiger charge is -2.56. The van der Waals surface area contributed by atoms with Crippen molar-refractivity contribution in [3.63, 3.8) is 0 Å². The number of fused-ring (bicyclic) bond motifs is 1. The molecule has 2 amide bonds. The van der Waals surface area contributed by atoms with E-state index in [2.05, 4.69) is 29.1 Å². The fraction of sp³-hybridized carbons (Fsp3) is 0.760. The third-order valence-electron chi connectivity index (χ3n) is 8.73. The van der Waals surface area contributed by atoms with Gasteiger partial charge in [-0.2, -0.15) is 0 Å². The quantitative estimate of drug-likeness (QED) is 0.747. The van der Waals surface area contributed by atoms with Crippen molar-refractivity contribution in [2.45, 2.75) is 77.9 Å². The summed E-state index contributed by atoms with van der Waals surface area (Å²) >= 11 is 0. The van der Waals surface area contributed by atoms with Gasteiger partial charge in [-0.15, -0.1) is 0 Å². The number of aliphatic hydroxyl groups excluding tert-OH is 1. The maximum atomic E-state index is 13.2. The number of carbonyl (C=O) groups is 2. The maximum Gasteiger partial charge on any atom is 0.254 e. The van der Waals surface area contributed by atoms with Crippen LogP contribution in [0.2, 0.25) is 0 Å². The Kier molecular flexibility index (Phi) is 6.84. The van der Waals surface area contributed by atoms with Crippen LogP contribution >= 0.6 is 0 Å². The molecule has 1 aliphatic heterocycles. The highest BCUT2D eigenvalue weighted by Crippen LogP contribution is 2.55. The van der Waals surface area contributed by atoms with Crippen molar-refractivity contribution in [1.29, 1.82) is 0 Å². The molecular weight excluding hydrogens is 404 g/mol. The van der Waals surface area contributed by atoms with Crippen LogP contribution in [0.25, 0.3) is 0 Å². The summed E-state index contributed by atoms with van der Waals surface area (Å²) in [7, 11) is 0. The first kappa shape index (κ1) is 23.1. The number of carbonyl (C=O) groups excluding carboxylic acids is 2. The van der Waals surface area contributed by atoms with E-state index in [1.165, 1.54) is 25.1 Å². The summed E-state index contributed by atoms with van der Waals surface area (Å²) in [5, 5.41) is 14.8. The average molecular weight is 443 g/mol. The SMILES string of the molecule is C[C@@H]1[C@@H]2[C@@H](O)[C@H]([C@H](C)C(=O)N3CCCCC3)CC[C@]2(C)CC[C@@H]1NC(=O)c1cncnc1. The van der Waals surface area contributed by atoms with Gasteiger partial charge in [0.05, 0.1) is 11.7 Å². The molecule has 176 valence electrons. The van der Waals surface area contributed by atoms with Gasteiger partial charge >= 0.3 is 0 Å². The molecule has 7 nitrogen and oxygen atoms in total. The predicted molar refractivity (Wildman–Crippen MR) is 122 cm³/mol. The molecule has 0 spiro atoms. The first-order chi connectivity index (χ1) is 15.3. The third-order valence-corrected chi connectivity index (χ3v) is 8.73. The second-order valence-corrected chi connectivity index (χ2v) is 10.7. The van der Waals surface area contributed by atoms with Crippen LogP contribution in [0.5, 0.6) is 0 Å². The molecule has 0 bridgehead atoms. The van der Waals surface area contributed by atoms with Gasteiger partial charge in [0.1, 0.15) is 6.33 Å². The van der Waals surface area contributed by atoms with Gasteiger partial charge in [-0.3, -0.25) is 9.59 Å². The van der Waals surface area contributed by atoms with E-state index in [1.54, 1.807) is 0 Å². The highest BCUT2D eigenvalue weighted by Gasteiger charge is 2.54. The van der Waals surface area contributed by atoms with Crippen LogP contribution in [0, 0.1) is 29.1 Å². The number of aliphatic hydroxyl groups is 1. The molecule has 2 N–H and O–H groups in total. The van der Waals surface area contributed by atoms with Gasteiger partial charge in [0.25, 0.3) is 5.91 Å². The molecule has 3 fully saturated rings. The molecule has 0 aromatic carbocycles. The molecule has 1 aromatic heterocycles. The Morgan fingerprint density at radius 1 is 1.16 bits per heavy atom. The fourth-order valence-corrected chi connectivity index (χ4v) is 6.75. The first-order valence-electron chi connectivity index (χ1n) is 12.3. The molecule has 32 heavy (non-hydrogen) atoms. The minimum Gasteiger partial charge on any atom is -0.392 e. The molecule has 2 saturated carbocycles. The molecular formula is C25H38N4O3. The van der Waals surface area contributed by atoms with Crippen LogP contribution < -0.4 is 5.32 Å². The van der Waals surface area contributed by atoms with Crippen LogP contribution in [0.4, 0.5) is 0 Å². The highest BCUT2D eigenvalue weighted by molar-refractivity contribution is 5.93. The summed E-state index contributed by atoms with van der Waals surface area (Å²) in [5.74, 6) is 0.0239. The summed E-state index contributed by atoms with van der Waals surface area (Å²) in [6.45, 7) is 8.14. The van der Waals surface area contributed by atoms with Gasteiger partial charge in [0.15, 0.2) is 0 Å². The van der Waals surface area contributed by atoms with Crippen molar-refractivity contribution < 1.29 is 14.7 Å². The lowest BCUT2D eigenvalue weighted by atomic mass is 9.51. The number of hydrogen-bond donors (Lipinski definition) is 2. The van der Waals surface area contributed by atoms with E-state index in [-0.39, 0.29) is 46.9 Å². The highest BCUT2D eigenvalue weighted by atomic mass is 16.3. The van der Waals surface area contributed by atoms with E-state index in [9.17, 15) is 14.7 Å². The van der Waals surface area contributed by atoms with E-state index < -0.39 is 6.10 Å². The molecule has 1 aromatic rings. The van der Waals surface area contributed by atoms with Crippen molar-refractivity contribution in [2.24, 2.45) is 29.1 Å². The number of rotatable bonds is 4. The van der Waals surface area contributed by atoms with Crippen molar-refractivity contribution in [1.82, 2.24) is 20.2 Å². The van der Waals surface area contributed by atoms with Gasteiger partial charge in [0, 0.05) is 37.4 Å². The van der Waals surface area contributed by atoms with Crippen LogP contribution in [-0.2, 0) is 4.79 Å². The van der Waals surface area contributed by atoms with Crippen LogP contribution in [0.3, 0.4) is 0 Å². The van der Waals surface area contributed by atoms with E-state index in [0.29, 0.717) is 5.56 Å². The second-order valence-electron chi connectivity index (χ2n) is 10.7. The van der Waals surface area contributed by atoms with Crippen molar-refractivity contribution in [3.8, 4) is 0 Å². The average Bonchev–Trinajstić information content (AvgIpc) is 2.81. The summed E-state index contributed by atoms with van der Waals surface area (Å²) in [5.41, 5.74) is 0.496. The lowest BCUT2D eigenvalue weighted by Crippen LogP contribution is -2.58. The zero-order valence-electron chi connectivity index (χ0n) is 19.7. The van der Waals surface area contributed by atoms with E-state index in [4.69, 9.17) is 0 Å². The molecule has 7 atom stereocenters. The lowest BCUT2D eigenvalue weighted by molar-refractivity contribution is -0.150. The molecule has 7 heteroatoms. The zero-order chi connectivity index (χ0) is 22.9. The largest absolute Gasteiger partial charge is 0.392 e. The number of nitrogens with one attached hydrogen (secondary N) is 1. The fourth-order valence-electron chi connectivity index (χ4n) is 6.75. The number of hydrogen-bond acceptors (Lipinski definition) is 5. The van der Waals surface area contributed by atoms with Crippen molar-refractivity contribution in [3.05, 3.63) is 24.3 Å². The molecule has 0 unspecified atom stereocenters. The number of amides is 2. The monoisotopic (exact) mass is 442 g/mol. The number of piperidine rings is 1. The normalized spacial score (nSPS) is 36.1. The maximum absolute atomic E-state index is 13.2. The molecule has 3 aliphatic rings. The zero-order valence-corrected chi connectivity index (χ0v) is 19.7. The Bertz CT molecular complexity index is 813. The number of nitrogens with zero attached hydrogens (tertiary/aromatic N) is 3. The van der Waals surface area contributed by atoms with Gasteiger partial charge < -0.3 is 15.3 Å². The topological polar surface area (TPSA) is 95.4 Å². The predicted octanol–water partition coefficient (Wildman–Crippen LogP) is 3.05. The smallest absolute Gasteiger partial charge is 0.254 e. The minimum atomic E-state index is -0.535. The Labute approximate surface area is 191 Å². The van der Waals surface area contributed by atoms with E-state index >= 15 is 0 Å². The van der Waals surface area contributed by atoms with Crippen LogP contribution in [0.1, 0.15) is 76.1 Å². The Balaban J connectivity index is 1.47. The number of aromatic nitrogens is 2. The van der Waals surface area contributed by atoms with E-state index in [1.807, 2.05) is 11.8 Å². The molecule has 2 aliphatic carbocycles. The van der Waals surface area contributed by atoms with Gasteiger partial charge in [-0.05, 0) is 68.1 Å². The van der Waals surface area contributed by atoms with Gasteiger partial charge in [0.2, 0.25) is 5.91 Å². The Hall–Kier alpha value is -2.02. The van der Waals surface area contributed by atoms with Crippen LogP contribution in [0.15, 0.2) is 18.7 Å². The van der Waals surface area contributed by atoms with Gasteiger partial charge in [-0.25, -0.2) is 9.97 Å². The van der Waals surface area contributed by atoms with Crippen molar-refractivity contribution in [2.75, 3.05) is 13.1 Å². The summed E-state index contributed by atoms with van der Waals surface area (Å²) in [4.78, 5) is 35.8. The van der Waals surface area contributed by atoms with E-state index in [0.717, 1.165) is 51.6 Å². The molecule has 2 heterocycles.